The maximum absolute atomic E-state index is 12.1. The first kappa shape index (κ1) is 15.4. The van der Waals surface area contributed by atoms with E-state index in [-0.39, 0.29) is 5.78 Å². The van der Waals surface area contributed by atoms with E-state index in [4.69, 9.17) is 11.6 Å². The Bertz CT molecular complexity index is 855. The summed E-state index contributed by atoms with van der Waals surface area (Å²) in [6.07, 6.45) is 0. The van der Waals surface area contributed by atoms with E-state index < -0.39 is 0 Å². The Balaban J connectivity index is 2.25. The third-order valence-electron chi connectivity index (χ3n) is 3.78. The van der Waals surface area contributed by atoms with Crippen molar-refractivity contribution in [2.24, 2.45) is 0 Å². The average Bonchev–Trinajstić information content (AvgIpc) is 2.55. The van der Waals surface area contributed by atoms with Crippen molar-refractivity contribution in [3.63, 3.8) is 0 Å². The van der Waals surface area contributed by atoms with Gasteiger partial charge in [-0.1, -0.05) is 54.1 Å². The molecule has 3 aromatic rings. The number of hydrogen-bond donors (Lipinski definition) is 0. The van der Waals surface area contributed by atoms with Crippen LogP contribution in [-0.4, -0.2) is 10.8 Å². The van der Waals surface area contributed by atoms with Gasteiger partial charge in [-0.15, -0.1) is 0 Å². The molecule has 0 saturated carbocycles. The number of pyridine rings is 1. The summed E-state index contributed by atoms with van der Waals surface area (Å²) in [5.41, 5.74) is 5.14. The molecule has 23 heavy (non-hydrogen) atoms. The minimum atomic E-state index is 0.0135. The summed E-state index contributed by atoms with van der Waals surface area (Å²) in [5.74, 6) is 0.0135. The number of aryl methyl sites for hydroxylation is 1. The van der Waals surface area contributed by atoms with Crippen LogP contribution in [0.5, 0.6) is 0 Å². The highest BCUT2D eigenvalue weighted by molar-refractivity contribution is 6.30. The molecule has 1 aromatic heterocycles. The Morgan fingerprint density at radius 2 is 1.61 bits per heavy atom. The summed E-state index contributed by atoms with van der Waals surface area (Å²) in [4.78, 5) is 16.7. The number of carbonyl (C=O) groups excluding carboxylic acids is 1. The number of rotatable bonds is 3. The minimum Gasteiger partial charge on any atom is -0.294 e. The fourth-order valence-corrected chi connectivity index (χ4v) is 2.86. The maximum Gasteiger partial charge on any atom is 0.162 e. The first-order valence-corrected chi connectivity index (χ1v) is 7.78. The van der Waals surface area contributed by atoms with Crippen LogP contribution in [0.4, 0.5) is 0 Å². The quantitative estimate of drug-likeness (QED) is 0.589. The fraction of sp³-hybridized carbons (Fsp3) is 0.100. The first-order valence-electron chi connectivity index (χ1n) is 7.40. The minimum absolute atomic E-state index is 0.0135. The van der Waals surface area contributed by atoms with Gasteiger partial charge >= 0.3 is 0 Å². The molecule has 2 nitrogen and oxygen atoms in total. The molecule has 2 aromatic carbocycles. The van der Waals surface area contributed by atoms with Crippen molar-refractivity contribution in [3.05, 3.63) is 76.9 Å². The van der Waals surface area contributed by atoms with Gasteiger partial charge in [0.2, 0.25) is 0 Å². The normalized spacial score (nSPS) is 10.6. The highest BCUT2D eigenvalue weighted by atomic mass is 35.5. The monoisotopic (exact) mass is 321 g/mol. The van der Waals surface area contributed by atoms with Gasteiger partial charge in [-0.05, 0) is 43.2 Å². The summed E-state index contributed by atoms with van der Waals surface area (Å²) < 4.78 is 0. The topological polar surface area (TPSA) is 30.0 Å². The van der Waals surface area contributed by atoms with E-state index >= 15 is 0 Å². The van der Waals surface area contributed by atoms with Gasteiger partial charge in [-0.2, -0.15) is 0 Å². The van der Waals surface area contributed by atoms with Gasteiger partial charge < -0.3 is 0 Å². The lowest BCUT2D eigenvalue weighted by molar-refractivity contribution is 0.101. The zero-order valence-electron chi connectivity index (χ0n) is 13.0. The number of ketones is 1. The lowest BCUT2D eigenvalue weighted by atomic mass is 9.94. The van der Waals surface area contributed by atoms with E-state index in [1.807, 2.05) is 67.6 Å². The second kappa shape index (κ2) is 6.35. The lowest BCUT2D eigenvalue weighted by Gasteiger charge is -2.13. The first-order chi connectivity index (χ1) is 11.1. The fourth-order valence-electron chi connectivity index (χ4n) is 2.73. The van der Waals surface area contributed by atoms with Gasteiger partial charge in [0, 0.05) is 21.8 Å². The number of halogens is 1. The number of nitrogens with zero attached hydrogens (tertiary/aromatic N) is 1. The summed E-state index contributed by atoms with van der Waals surface area (Å²) >= 11 is 5.98. The Morgan fingerprint density at radius 3 is 2.22 bits per heavy atom. The summed E-state index contributed by atoms with van der Waals surface area (Å²) in [5, 5.41) is 0.673. The molecule has 0 N–H and O–H groups in total. The molecule has 0 amide bonds. The Kier molecular flexibility index (Phi) is 4.26. The van der Waals surface area contributed by atoms with Crippen LogP contribution in [0.1, 0.15) is 23.0 Å². The third kappa shape index (κ3) is 3.17. The van der Waals surface area contributed by atoms with Crippen molar-refractivity contribution in [1.82, 2.24) is 4.98 Å². The number of hydrogen-bond acceptors (Lipinski definition) is 2. The molecule has 0 radical (unpaired) electrons. The van der Waals surface area contributed by atoms with Crippen LogP contribution in [-0.2, 0) is 0 Å². The Hall–Kier alpha value is -2.45. The van der Waals surface area contributed by atoms with Crippen LogP contribution in [0.25, 0.3) is 22.4 Å². The van der Waals surface area contributed by atoms with Crippen LogP contribution >= 0.6 is 11.6 Å². The molecule has 3 heteroatoms. The maximum atomic E-state index is 12.1. The van der Waals surface area contributed by atoms with E-state index in [9.17, 15) is 4.79 Å². The zero-order valence-corrected chi connectivity index (χ0v) is 13.8. The molecule has 1 heterocycles. The van der Waals surface area contributed by atoms with Crippen LogP contribution in [0.3, 0.4) is 0 Å². The molecular weight excluding hydrogens is 306 g/mol. The largest absolute Gasteiger partial charge is 0.294 e. The van der Waals surface area contributed by atoms with E-state index in [0.29, 0.717) is 10.6 Å². The highest BCUT2D eigenvalue weighted by Gasteiger charge is 2.16. The molecule has 0 spiro atoms. The van der Waals surface area contributed by atoms with Crippen molar-refractivity contribution < 1.29 is 4.79 Å². The van der Waals surface area contributed by atoms with E-state index in [2.05, 4.69) is 4.98 Å². The van der Waals surface area contributed by atoms with E-state index in [1.54, 1.807) is 6.92 Å². The third-order valence-corrected chi connectivity index (χ3v) is 4.03. The van der Waals surface area contributed by atoms with Crippen LogP contribution in [0.15, 0.2) is 60.7 Å². The van der Waals surface area contributed by atoms with Crippen molar-refractivity contribution in [1.29, 1.82) is 0 Å². The van der Waals surface area contributed by atoms with Gasteiger partial charge in [-0.25, -0.2) is 0 Å². The average molecular weight is 322 g/mol. The number of aromatic nitrogens is 1. The molecule has 0 saturated heterocycles. The summed E-state index contributed by atoms with van der Waals surface area (Å²) in [6, 6.07) is 19.5. The smallest absolute Gasteiger partial charge is 0.162 e. The van der Waals surface area contributed by atoms with Gasteiger partial charge in [0.05, 0.1) is 5.69 Å². The standard InChI is InChI=1S/C20H16ClNO/c1-13-20(14(2)23)18(15-8-10-17(21)11-9-15)12-19(22-13)16-6-4-3-5-7-16/h3-12H,1-2H3. The molecule has 0 aliphatic heterocycles. The number of benzene rings is 2. The predicted octanol–water partition coefficient (Wildman–Crippen LogP) is 5.58. The highest BCUT2D eigenvalue weighted by Crippen LogP contribution is 2.31. The summed E-state index contributed by atoms with van der Waals surface area (Å²) in [7, 11) is 0. The number of carbonyl (C=O) groups is 1. The molecular formula is C20H16ClNO. The van der Waals surface area contributed by atoms with Gasteiger partial charge in [-0.3, -0.25) is 9.78 Å². The second-order valence-electron chi connectivity index (χ2n) is 5.44. The van der Waals surface area contributed by atoms with Crippen molar-refractivity contribution in [2.45, 2.75) is 13.8 Å². The second-order valence-corrected chi connectivity index (χ2v) is 5.88. The van der Waals surface area contributed by atoms with Crippen LogP contribution < -0.4 is 0 Å². The molecule has 0 aliphatic rings. The van der Waals surface area contributed by atoms with Crippen molar-refractivity contribution in [3.8, 4) is 22.4 Å². The molecule has 0 fully saturated rings. The molecule has 0 aliphatic carbocycles. The molecule has 114 valence electrons. The van der Waals surface area contributed by atoms with Crippen LogP contribution in [0, 0.1) is 6.92 Å². The van der Waals surface area contributed by atoms with E-state index in [0.717, 1.165) is 28.1 Å². The lowest BCUT2D eigenvalue weighted by Crippen LogP contribution is -2.03. The Labute approximate surface area is 140 Å². The molecule has 3 rings (SSSR count). The Morgan fingerprint density at radius 1 is 0.957 bits per heavy atom. The van der Waals surface area contributed by atoms with Crippen LogP contribution in [0.2, 0.25) is 5.02 Å². The van der Waals surface area contributed by atoms with Gasteiger partial charge in [0.1, 0.15) is 0 Å². The number of Topliss-reactive ketones (excluding diaryl/α,β-unsaturated/α-hetero) is 1. The van der Waals surface area contributed by atoms with Crippen molar-refractivity contribution in [2.75, 3.05) is 0 Å². The van der Waals surface area contributed by atoms with Crippen molar-refractivity contribution >= 4 is 17.4 Å². The summed E-state index contributed by atoms with van der Waals surface area (Å²) in [6.45, 7) is 3.45. The molecule has 0 bridgehead atoms. The predicted molar refractivity (Wildman–Crippen MR) is 94.9 cm³/mol. The zero-order chi connectivity index (χ0) is 16.4. The molecule has 0 atom stereocenters. The van der Waals surface area contributed by atoms with E-state index in [1.165, 1.54) is 0 Å². The molecule has 0 unspecified atom stereocenters. The van der Waals surface area contributed by atoms with Gasteiger partial charge in [0.25, 0.3) is 0 Å². The SMILES string of the molecule is CC(=O)c1c(-c2ccc(Cl)cc2)cc(-c2ccccc2)nc1C. The van der Waals surface area contributed by atoms with Gasteiger partial charge in [0.15, 0.2) is 5.78 Å².